The average molecular weight is 176 g/mol. The fourth-order valence-electron chi connectivity index (χ4n) is 1.53. The van der Waals surface area contributed by atoms with Gasteiger partial charge in [-0.3, -0.25) is 0 Å². The van der Waals surface area contributed by atoms with Crippen LogP contribution in [0.5, 0.6) is 0 Å². The Labute approximate surface area is 77.1 Å². The van der Waals surface area contributed by atoms with E-state index in [4.69, 9.17) is 0 Å². The molecule has 0 spiro atoms. The molecule has 2 amide bonds. The number of hydrogen-bond donors (Lipinski definition) is 2. The zero-order valence-electron chi connectivity index (χ0n) is 7.29. The van der Waals surface area contributed by atoms with Crippen LogP contribution in [-0.2, 0) is 0 Å². The SMILES string of the molecule is O=C1NCC(c2ccccc2)CN1. The van der Waals surface area contributed by atoms with Crippen molar-refractivity contribution in [2.24, 2.45) is 0 Å². The first-order valence-corrected chi connectivity index (χ1v) is 4.43. The lowest BCUT2D eigenvalue weighted by atomic mass is 9.98. The minimum absolute atomic E-state index is 0.0628. The number of rotatable bonds is 1. The number of urea groups is 1. The Bertz CT molecular complexity index is 287. The molecule has 1 aliphatic rings. The fourth-order valence-corrected chi connectivity index (χ4v) is 1.53. The number of carbonyl (C=O) groups excluding carboxylic acids is 1. The van der Waals surface area contributed by atoms with E-state index >= 15 is 0 Å². The van der Waals surface area contributed by atoms with Crippen molar-refractivity contribution in [1.82, 2.24) is 10.6 Å². The summed E-state index contributed by atoms with van der Waals surface area (Å²) in [5.74, 6) is 0.402. The molecule has 0 bridgehead atoms. The monoisotopic (exact) mass is 176 g/mol. The van der Waals surface area contributed by atoms with Gasteiger partial charge < -0.3 is 10.6 Å². The van der Waals surface area contributed by atoms with Crippen molar-refractivity contribution in [3.63, 3.8) is 0 Å². The van der Waals surface area contributed by atoms with Crippen molar-refractivity contribution in [3.8, 4) is 0 Å². The lowest BCUT2D eigenvalue weighted by molar-refractivity contribution is 0.234. The molecular weight excluding hydrogens is 164 g/mol. The molecule has 1 heterocycles. The first kappa shape index (κ1) is 8.10. The van der Waals surface area contributed by atoms with Gasteiger partial charge in [-0.25, -0.2) is 4.79 Å². The van der Waals surface area contributed by atoms with Crippen molar-refractivity contribution >= 4 is 6.03 Å². The van der Waals surface area contributed by atoms with Gasteiger partial charge in [0.25, 0.3) is 0 Å². The molecule has 0 unspecified atom stereocenters. The van der Waals surface area contributed by atoms with Gasteiger partial charge >= 0.3 is 6.03 Å². The number of amides is 2. The summed E-state index contributed by atoms with van der Waals surface area (Å²) in [5.41, 5.74) is 1.27. The van der Waals surface area contributed by atoms with Crippen LogP contribution in [0.4, 0.5) is 4.79 Å². The predicted molar refractivity (Wildman–Crippen MR) is 50.6 cm³/mol. The summed E-state index contributed by atoms with van der Waals surface area (Å²) in [7, 11) is 0. The van der Waals surface area contributed by atoms with Gasteiger partial charge in [0.15, 0.2) is 0 Å². The van der Waals surface area contributed by atoms with Crippen LogP contribution in [0.2, 0.25) is 0 Å². The smallest absolute Gasteiger partial charge is 0.314 e. The van der Waals surface area contributed by atoms with Crippen molar-refractivity contribution in [2.75, 3.05) is 13.1 Å². The maximum Gasteiger partial charge on any atom is 0.314 e. The summed E-state index contributed by atoms with van der Waals surface area (Å²) >= 11 is 0. The fraction of sp³-hybridized carbons (Fsp3) is 0.300. The molecule has 0 radical (unpaired) electrons. The number of hydrogen-bond acceptors (Lipinski definition) is 1. The highest BCUT2D eigenvalue weighted by Crippen LogP contribution is 2.14. The third kappa shape index (κ3) is 1.80. The van der Waals surface area contributed by atoms with E-state index in [1.165, 1.54) is 5.56 Å². The average Bonchev–Trinajstić information content (AvgIpc) is 2.20. The lowest BCUT2D eigenvalue weighted by Crippen LogP contribution is -2.46. The second-order valence-corrected chi connectivity index (χ2v) is 3.20. The number of nitrogens with one attached hydrogen (secondary N) is 2. The Balaban J connectivity index is 2.07. The summed E-state index contributed by atoms with van der Waals surface area (Å²) in [4.78, 5) is 10.8. The minimum Gasteiger partial charge on any atom is -0.337 e. The van der Waals surface area contributed by atoms with E-state index in [9.17, 15) is 4.79 Å². The van der Waals surface area contributed by atoms with Crippen LogP contribution in [0.3, 0.4) is 0 Å². The van der Waals surface area contributed by atoms with E-state index in [0.717, 1.165) is 13.1 Å². The van der Waals surface area contributed by atoms with Crippen LogP contribution >= 0.6 is 0 Å². The highest BCUT2D eigenvalue weighted by Gasteiger charge is 2.17. The van der Waals surface area contributed by atoms with Gasteiger partial charge in [-0.2, -0.15) is 0 Å². The van der Waals surface area contributed by atoms with Crippen molar-refractivity contribution in [2.45, 2.75) is 5.92 Å². The summed E-state index contributed by atoms with van der Waals surface area (Å²) in [6, 6.07) is 10.1. The van der Waals surface area contributed by atoms with Gasteiger partial charge in [-0.15, -0.1) is 0 Å². The molecule has 1 aliphatic heterocycles. The third-order valence-corrected chi connectivity index (χ3v) is 2.29. The van der Waals surface area contributed by atoms with E-state index in [2.05, 4.69) is 22.8 Å². The number of carbonyl (C=O) groups is 1. The Hall–Kier alpha value is -1.51. The number of benzene rings is 1. The second kappa shape index (κ2) is 3.47. The summed E-state index contributed by atoms with van der Waals surface area (Å²) in [6.45, 7) is 1.46. The van der Waals surface area contributed by atoms with Gasteiger partial charge in [0.05, 0.1) is 0 Å². The Morgan fingerprint density at radius 3 is 2.31 bits per heavy atom. The van der Waals surface area contributed by atoms with E-state index < -0.39 is 0 Å². The molecular formula is C10H12N2O. The van der Waals surface area contributed by atoms with E-state index in [1.54, 1.807) is 0 Å². The molecule has 2 rings (SSSR count). The molecule has 0 aliphatic carbocycles. The molecule has 2 N–H and O–H groups in total. The van der Waals surface area contributed by atoms with Crippen LogP contribution < -0.4 is 10.6 Å². The van der Waals surface area contributed by atoms with Crippen LogP contribution in [-0.4, -0.2) is 19.1 Å². The molecule has 0 atom stereocenters. The van der Waals surface area contributed by atoms with E-state index in [0.29, 0.717) is 5.92 Å². The maximum absolute atomic E-state index is 10.8. The molecule has 1 aromatic rings. The van der Waals surface area contributed by atoms with Crippen molar-refractivity contribution < 1.29 is 4.79 Å². The van der Waals surface area contributed by atoms with Crippen LogP contribution in [0.25, 0.3) is 0 Å². The summed E-state index contributed by atoms with van der Waals surface area (Å²) in [6.07, 6.45) is 0. The standard InChI is InChI=1S/C10H12N2O/c13-10-11-6-9(7-12-10)8-4-2-1-3-5-8/h1-5,9H,6-7H2,(H2,11,12,13). The van der Waals surface area contributed by atoms with E-state index in [1.807, 2.05) is 18.2 Å². The Morgan fingerprint density at radius 1 is 1.08 bits per heavy atom. The van der Waals surface area contributed by atoms with Crippen LogP contribution in [0, 0.1) is 0 Å². The van der Waals surface area contributed by atoms with E-state index in [-0.39, 0.29) is 6.03 Å². The van der Waals surface area contributed by atoms with Crippen molar-refractivity contribution in [3.05, 3.63) is 35.9 Å². The topological polar surface area (TPSA) is 41.1 Å². The Morgan fingerprint density at radius 2 is 1.69 bits per heavy atom. The normalized spacial score (nSPS) is 17.7. The minimum atomic E-state index is -0.0628. The zero-order chi connectivity index (χ0) is 9.10. The Kier molecular flexibility index (Phi) is 2.17. The predicted octanol–water partition coefficient (Wildman–Crippen LogP) is 1.08. The van der Waals surface area contributed by atoms with Crippen LogP contribution in [0.1, 0.15) is 11.5 Å². The maximum atomic E-state index is 10.8. The van der Waals surface area contributed by atoms with Gasteiger partial charge in [0.2, 0.25) is 0 Å². The molecule has 3 nitrogen and oxygen atoms in total. The highest BCUT2D eigenvalue weighted by molar-refractivity contribution is 5.74. The quantitative estimate of drug-likeness (QED) is 0.660. The lowest BCUT2D eigenvalue weighted by Gasteiger charge is -2.23. The molecule has 1 saturated heterocycles. The zero-order valence-corrected chi connectivity index (χ0v) is 7.29. The van der Waals surface area contributed by atoms with Gasteiger partial charge in [0, 0.05) is 19.0 Å². The second-order valence-electron chi connectivity index (χ2n) is 3.20. The van der Waals surface area contributed by atoms with Crippen molar-refractivity contribution in [1.29, 1.82) is 0 Å². The summed E-state index contributed by atoms with van der Waals surface area (Å²) < 4.78 is 0. The first-order chi connectivity index (χ1) is 6.36. The highest BCUT2D eigenvalue weighted by atomic mass is 16.2. The molecule has 1 fully saturated rings. The molecule has 1 aromatic carbocycles. The van der Waals surface area contributed by atoms with Gasteiger partial charge in [-0.05, 0) is 5.56 Å². The molecule has 0 saturated carbocycles. The first-order valence-electron chi connectivity index (χ1n) is 4.43. The molecule has 68 valence electrons. The largest absolute Gasteiger partial charge is 0.337 e. The summed E-state index contributed by atoms with van der Waals surface area (Å²) in [5, 5.41) is 5.56. The molecule has 3 heteroatoms. The molecule has 0 aromatic heterocycles. The van der Waals surface area contributed by atoms with Gasteiger partial charge in [0.1, 0.15) is 0 Å². The third-order valence-electron chi connectivity index (χ3n) is 2.29. The van der Waals surface area contributed by atoms with Crippen LogP contribution in [0.15, 0.2) is 30.3 Å². The molecule has 13 heavy (non-hydrogen) atoms. The van der Waals surface area contributed by atoms with Gasteiger partial charge in [-0.1, -0.05) is 30.3 Å².